The first-order valence-electron chi connectivity index (χ1n) is 13.3. The molecule has 8 heteroatoms. The van der Waals surface area contributed by atoms with E-state index in [4.69, 9.17) is 9.47 Å². The molecule has 1 heterocycles. The largest absolute Gasteiger partial charge is 0.493 e. The van der Waals surface area contributed by atoms with Gasteiger partial charge in [0.2, 0.25) is 5.91 Å². The van der Waals surface area contributed by atoms with Gasteiger partial charge in [-0.3, -0.25) is 4.79 Å². The summed E-state index contributed by atoms with van der Waals surface area (Å²) in [6, 6.07) is 12.1. The first kappa shape index (κ1) is 27.7. The average Bonchev–Trinajstić information content (AvgIpc) is 3.34. The third-order valence-corrected chi connectivity index (χ3v) is 7.37. The highest BCUT2D eigenvalue weighted by Crippen LogP contribution is 2.36. The van der Waals surface area contributed by atoms with Gasteiger partial charge in [-0.05, 0) is 73.1 Å². The number of ether oxygens (including phenoxy) is 2. The van der Waals surface area contributed by atoms with E-state index in [0.717, 1.165) is 36.3 Å². The molecule has 1 amide bonds. The summed E-state index contributed by atoms with van der Waals surface area (Å²) in [7, 11) is 0. The predicted octanol–water partition coefficient (Wildman–Crippen LogP) is 6.31. The maximum atomic E-state index is 13.1. The number of fused-ring (bicyclic) bond motifs is 1. The number of benzene rings is 2. The van der Waals surface area contributed by atoms with E-state index in [9.17, 15) is 22.8 Å². The number of likely N-dealkylation sites (tertiary alicyclic amines) is 1. The van der Waals surface area contributed by atoms with E-state index in [2.05, 4.69) is 0 Å². The Bertz CT molecular complexity index is 1110. The van der Waals surface area contributed by atoms with E-state index < -0.39 is 17.7 Å². The van der Waals surface area contributed by atoms with Crippen molar-refractivity contribution in [2.24, 2.45) is 11.8 Å². The standard InChI is InChI=1S/C30H34F3NO4/c1-2-37-29(36)25(18-28(35)34-19-23-5-3-4-6-24(23)20-34)17-22-9-13-27(14-10-22)38-16-15-21-7-11-26(12-8-21)30(31,32)33/h7-14,17,23-24H,2-6,15-16,18-20H2,1H3/b25-17+/t23-,24+. The van der Waals surface area contributed by atoms with Crippen LogP contribution < -0.4 is 4.74 Å². The van der Waals surface area contributed by atoms with Crippen molar-refractivity contribution in [3.8, 4) is 5.75 Å². The topological polar surface area (TPSA) is 55.8 Å². The molecule has 0 radical (unpaired) electrons. The third-order valence-electron chi connectivity index (χ3n) is 7.37. The molecule has 2 atom stereocenters. The second-order valence-electron chi connectivity index (χ2n) is 10.0. The van der Waals surface area contributed by atoms with E-state index in [1.807, 2.05) is 4.90 Å². The normalized spacial score (nSPS) is 19.7. The number of rotatable bonds is 9. The maximum Gasteiger partial charge on any atom is 0.416 e. The van der Waals surface area contributed by atoms with E-state index in [1.54, 1.807) is 37.3 Å². The van der Waals surface area contributed by atoms with Crippen LogP contribution in [0.2, 0.25) is 0 Å². The molecule has 1 aliphatic heterocycles. The van der Waals surface area contributed by atoms with Crippen molar-refractivity contribution in [1.29, 1.82) is 0 Å². The molecule has 4 rings (SSSR count). The zero-order chi connectivity index (χ0) is 27.1. The number of hydrogen-bond acceptors (Lipinski definition) is 4. The molecule has 0 bridgehead atoms. The Morgan fingerprint density at radius 2 is 1.61 bits per heavy atom. The highest BCUT2D eigenvalue weighted by Gasteiger charge is 2.36. The minimum atomic E-state index is -4.35. The van der Waals surface area contributed by atoms with Crippen molar-refractivity contribution in [3.05, 3.63) is 70.8 Å². The Morgan fingerprint density at radius 1 is 0.974 bits per heavy atom. The number of halogens is 3. The van der Waals surface area contributed by atoms with Gasteiger partial charge in [-0.1, -0.05) is 37.1 Å². The molecule has 0 spiro atoms. The number of amides is 1. The summed E-state index contributed by atoms with van der Waals surface area (Å²) in [6.07, 6.45) is 2.61. The van der Waals surface area contributed by atoms with Gasteiger partial charge < -0.3 is 14.4 Å². The molecular formula is C30H34F3NO4. The van der Waals surface area contributed by atoms with E-state index in [0.29, 0.717) is 36.2 Å². The zero-order valence-corrected chi connectivity index (χ0v) is 21.6. The number of hydrogen-bond donors (Lipinski definition) is 0. The monoisotopic (exact) mass is 529 g/mol. The lowest BCUT2D eigenvalue weighted by atomic mass is 9.82. The quantitative estimate of drug-likeness (QED) is 0.282. The molecule has 2 fully saturated rings. The van der Waals surface area contributed by atoms with Crippen molar-refractivity contribution >= 4 is 18.0 Å². The fourth-order valence-electron chi connectivity index (χ4n) is 5.30. The summed E-state index contributed by atoms with van der Waals surface area (Å²) < 4.78 is 49.1. The number of alkyl halides is 3. The fourth-order valence-corrected chi connectivity index (χ4v) is 5.30. The highest BCUT2D eigenvalue weighted by atomic mass is 19.4. The Kier molecular flexibility index (Phi) is 9.13. The predicted molar refractivity (Wildman–Crippen MR) is 138 cm³/mol. The molecule has 1 saturated heterocycles. The Hall–Kier alpha value is -3.29. The summed E-state index contributed by atoms with van der Waals surface area (Å²) in [5, 5.41) is 0. The SMILES string of the molecule is CCOC(=O)/C(=C/c1ccc(OCCc2ccc(C(F)(F)F)cc2)cc1)CC(=O)N1C[C@H]2CCCC[C@H]2C1. The number of carbonyl (C=O) groups is 2. The summed E-state index contributed by atoms with van der Waals surface area (Å²) in [4.78, 5) is 27.6. The van der Waals surface area contributed by atoms with Crippen molar-refractivity contribution in [3.63, 3.8) is 0 Å². The first-order valence-corrected chi connectivity index (χ1v) is 13.3. The minimum Gasteiger partial charge on any atom is -0.493 e. The maximum absolute atomic E-state index is 13.1. The molecule has 1 saturated carbocycles. The van der Waals surface area contributed by atoms with Gasteiger partial charge in [0.25, 0.3) is 0 Å². The van der Waals surface area contributed by atoms with Gasteiger partial charge in [0, 0.05) is 25.1 Å². The van der Waals surface area contributed by atoms with E-state index in [-0.39, 0.29) is 18.9 Å². The first-order chi connectivity index (χ1) is 18.2. The van der Waals surface area contributed by atoms with Gasteiger partial charge in [0.15, 0.2) is 0 Å². The van der Waals surface area contributed by atoms with Crippen molar-refractivity contribution in [2.45, 2.75) is 51.6 Å². The Morgan fingerprint density at radius 3 is 2.18 bits per heavy atom. The van der Waals surface area contributed by atoms with E-state index in [1.165, 1.54) is 37.8 Å². The molecule has 0 aromatic heterocycles. The molecule has 0 N–H and O–H groups in total. The van der Waals surface area contributed by atoms with Gasteiger partial charge in [0.1, 0.15) is 5.75 Å². The number of nitrogens with zero attached hydrogens (tertiary/aromatic N) is 1. The molecule has 204 valence electrons. The highest BCUT2D eigenvalue weighted by molar-refractivity contribution is 5.99. The average molecular weight is 530 g/mol. The molecule has 38 heavy (non-hydrogen) atoms. The fraction of sp³-hybridized carbons (Fsp3) is 0.467. The zero-order valence-electron chi connectivity index (χ0n) is 21.6. The van der Waals surface area contributed by atoms with Crippen LogP contribution in [0.25, 0.3) is 6.08 Å². The van der Waals surface area contributed by atoms with Crippen molar-refractivity contribution in [1.82, 2.24) is 4.90 Å². The van der Waals surface area contributed by atoms with Crippen LogP contribution in [0.15, 0.2) is 54.1 Å². The van der Waals surface area contributed by atoms with Crippen molar-refractivity contribution in [2.75, 3.05) is 26.3 Å². The molecule has 2 aromatic carbocycles. The second-order valence-corrected chi connectivity index (χ2v) is 10.0. The van der Waals surface area contributed by atoms with Gasteiger partial charge in [-0.2, -0.15) is 13.2 Å². The molecule has 2 aromatic rings. The van der Waals surface area contributed by atoms with Gasteiger partial charge in [-0.25, -0.2) is 4.79 Å². The molecule has 0 unspecified atom stereocenters. The molecule has 1 aliphatic carbocycles. The lowest BCUT2D eigenvalue weighted by Crippen LogP contribution is -2.30. The number of carbonyl (C=O) groups excluding carboxylic acids is 2. The lowest BCUT2D eigenvalue weighted by Gasteiger charge is -2.22. The van der Waals surface area contributed by atoms with E-state index >= 15 is 0 Å². The molecule has 2 aliphatic rings. The molecule has 5 nitrogen and oxygen atoms in total. The van der Waals surface area contributed by atoms with Crippen LogP contribution in [0.1, 0.15) is 55.7 Å². The van der Waals surface area contributed by atoms with Gasteiger partial charge in [0.05, 0.1) is 25.2 Å². The van der Waals surface area contributed by atoms with Gasteiger partial charge in [-0.15, -0.1) is 0 Å². The third kappa shape index (κ3) is 7.39. The summed E-state index contributed by atoms with van der Waals surface area (Å²) in [5.74, 6) is 1.22. The molecular weight excluding hydrogens is 495 g/mol. The minimum absolute atomic E-state index is 0.00362. The van der Waals surface area contributed by atoms with Crippen LogP contribution in [0.4, 0.5) is 13.2 Å². The summed E-state index contributed by atoms with van der Waals surface area (Å²) in [6.45, 7) is 3.82. The number of esters is 1. The van der Waals surface area contributed by atoms with Crippen LogP contribution in [0.5, 0.6) is 5.75 Å². The Labute approximate surface area is 221 Å². The van der Waals surface area contributed by atoms with Crippen LogP contribution >= 0.6 is 0 Å². The second kappa shape index (κ2) is 12.5. The van der Waals surface area contributed by atoms with Crippen LogP contribution in [-0.4, -0.2) is 43.1 Å². The lowest BCUT2D eigenvalue weighted by molar-refractivity contribution is -0.140. The van der Waals surface area contributed by atoms with Crippen LogP contribution in [-0.2, 0) is 26.9 Å². The Balaban J connectivity index is 1.34. The van der Waals surface area contributed by atoms with Crippen LogP contribution in [0.3, 0.4) is 0 Å². The van der Waals surface area contributed by atoms with Gasteiger partial charge >= 0.3 is 12.1 Å². The smallest absolute Gasteiger partial charge is 0.416 e. The summed E-state index contributed by atoms with van der Waals surface area (Å²) >= 11 is 0. The van der Waals surface area contributed by atoms with Crippen LogP contribution in [0, 0.1) is 11.8 Å². The summed E-state index contributed by atoms with van der Waals surface area (Å²) in [5.41, 5.74) is 1.14. The van der Waals surface area contributed by atoms with Crippen molar-refractivity contribution < 1.29 is 32.2 Å².